The second-order valence-corrected chi connectivity index (χ2v) is 5.92. The van der Waals surface area contributed by atoms with E-state index in [-0.39, 0.29) is 5.91 Å². The van der Waals surface area contributed by atoms with Crippen molar-refractivity contribution >= 4 is 5.91 Å². The molecule has 20 heavy (non-hydrogen) atoms. The molecule has 0 bridgehead atoms. The zero-order valence-corrected chi connectivity index (χ0v) is 12.7. The monoisotopic (exact) mass is 274 g/mol. The Bertz CT molecular complexity index is 464. The van der Waals surface area contributed by atoms with Crippen molar-refractivity contribution in [3.63, 3.8) is 0 Å². The van der Waals surface area contributed by atoms with Gasteiger partial charge in [-0.3, -0.25) is 4.79 Å². The number of benzene rings is 1. The molecule has 1 aromatic carbocycles. The van der Waals surface area contributed by atoms with Crippen LogP contribution in [-0.4, -0.2) is 29.9 Å². The highest BCUT2D eigenvalue weighted by Gasteiger charge is 2.26. The summed E-state index contributed by atoms with van der Waals surface area (Å²) < 4.78 is 0. The Morgan fingerprint density at radius 3 is 2.65 bits per heavy atom. The number of hydrogen-bond donors (Lipinski definition) is 1. The molecule has 0 aromatic heterocycles. The summed E-state index contributed by atoms with van der Waals surface area (Å²) in [4.78, 5) is 14.6. The maximum Gasteiger partial charge on any atom is 0.227 e. The minimum atomic E-state index is 0.232. The molecule has 2 N–H and O–H groups in total. The van der Waals surface area contributed by atoms with E-state index in [1.165, 1.54) is 24.0 Å². The Labute approximate surface area is 122 Å². The Morgan fingerprint density at radius 2 is 2.00 bits per heavy atom. The van der Waals surface area contributed by atoms with Crippen molar-refractivity contribution in [1.29, 1.82) is 0 Å². The van der Waals surface area contributed by atoms with E-state index in [2.05, 4.69) is 32.0 Å². The first-order valence-electron chi connectivity index (χ1n) is 7.67. The van der Waals surface area contributed by atoms with Crippen LogP contribution in [0.3, 0.4) is 0 Å². The van der Waals surface area contributed by atoms with E-state index in [1.807, 2.05) is 4.90 Å². The normalized spacial score (nSPS) is 15.6. The molecule has 1 aliphatic carbocycles. The Hall–Kier alpha value is -1.35. The second kappa shape index (κ2) is 6.89. The van der Waals surface area contributed by atoms with E-state index in [1.54, 1.807) is 0 Å². The first-order chi connectivity index (χ1) is 9.61. The van der Waals surface area contributed by atoms with Crippen LogP contribution in [0.5, 0.6) is 0 Å². The highest BCUT2D eigenvalue weighted by Crippen LogP contribution is 2.24. The van der Waals surface area contributed by atoms with Crippen LogP contribution in [0.4, 0.5) is 0 Å². The predicted octanol–water partition coefficient (Wildman–Crippen LogP) is 2.58. The zero-order valence-electron chi connectivity index (χ0n) is 12.7. The molecule has 0 saturated heterocycles. The largest absolute Gasteiger partial charge is 0.338 e. The van der Waals surface area contributed by atoms with Gasteiger partial charge < -0.3 is 10.6 Å². The highest BCUT2D eigenvalue weighted by molar-refractivity contribution is 5.79. The lowest BCUT2D eigenvalue weighted by Gasteiger charge is -2.29. The molecule has 110 valence electrons. The molecule has 1 aromatic rings. The molecular weight excluding hydrogens is 248 g/mol. The van der Waals surface area contributed by atoms with Crippen LogP contribution >= 0.6 is 0 Å². The molecule has 1 amide bonds. The van der Waals surface area contributed by atoms with E-state index in [9.17, 15) is 4.79 Å². The van der Waals surface area contributed by atoms with Crippen LogP contribution in [0.15, 0.2) is 18.2 Å². The first-order valence-corrected chi connectivity index (χ1v) is 7.67. The van der Waals surface area contributed by atoms with E-state index >= 15 is 0 Å². The molecule has 0 unspecified atom stereocenters. The van der Waals surface area contributed by atoms with Gasteiger partial charge in [-0.05, 0) is 37.8 Å². The molecule has 0 atom stereocenters. The molecule has 3 heteroatoms. The Balaban J connectivity index is 2.09. The average Bonchev–Trinajstić information content (AvgIpc) is 2.93. The summed E-state index contributed by atoms with van der Waals surface area (Å²) in [7, 11) is 0. The van der Waals surface area contributed by atoms with Crippen LogP contribution in [0.25, 0.3) is 0 Å². The number of aryl methyl sites for hydroxylation is 2. The third-order valence-corrected chi connectivity index (χ3v) is 4.30. The molecule has 0 heterocycles. The fraction of sp³-hybridized carbons (Fsp3) is 0.588. The number of carbonyl (C=O) groups is 1. The lowest BCUT2D eigenvalue weighted by molar-refractivity contribution is -0.132. The van der Waals surface area contributed by atoms with Crippen molar-refractivity contribution in [2.75, 3.05) is 13.1 Å². The maximum atomic E-state index is 12.6. The van der Waals surface area contributed by atoms with Gasteiger partial charge in [0.1, 0.15) is 0 Å². The molecule has 0 radical (unpaired) electrons. The van der Waals surface area contributed by atoms with Gasteiger partial charge in [0.05, 0.1) is 6.42 Å². The summed E-state index contributed by atoms with van der Waals surface area (Å²) >= 11 is 0. The van der Waals surface area contributed by atoms with Crippen LogP contribution < -0.4 is 5.73 Å². The number of amides is 1. The van der Waals surface area contributed by atoms with Gasteiger partial charge in [0.15, 0.2) is 0 Å². The minimum absolute atomic E-state index is 0.232. The molecule has 1 aliphatic rings. The maximum absolute atomic E-state index is 12.6. The number of carbonyl (C=O) groups excluding carboxylic acids is 1. The lowest BCUT2D eigenvalue weighted by atomic mass is 10.0. The molecule has 1 saturated carbocycles. The van der Waals surface area contributed by atoms with E-state index in [4.69, 9.17) is 5.73 Å². The van der Waals surface area contributed by atoms with Crippen molar-refractivity contribution in [2.45, 2.75) is 52.0 Å². The zero-order chi connectivity index (χ0) is 14.5. The van der Waals surface area contributed by atoms with Crippen LogP contribution in [0.2, 0.25) is 0 Å². The Kier molecular flexibility index (Phi) is 5.18. The molecule has 0 aliphatic heterocycles. The van der Waals surface area contributed by atoms with Crippen molar-refractivity contribution in [2.24, 2.45) is 5.73 Å². The first kappa shape index (κ1) is 15.0. The smallest absolute Gasteiger partial charge is 0.227 e. The Morgan fingerprint density at radius 1 is 1.30 bits per heavy atom. The van der Waals surface area contributed by atoms with Gasteiger partial charge in [0, 0.05) is 19.1 Å². The van der Waals surface area contributed by atoms with Crippen molar-refractivity contribution < 1.29 is 4.79 Å². The summed E-state index contributed by atoms with van der Waals surface area (Å²) in [6.07, 6.45) is 5.26. The average molecular weight is 274 g/mol. The number of nitrogens with two attached hydrogens (primary N) is 1. The van der Waals surface area contributed by atoms with E-state index in [0.717, 1.165) is 18.4 Å². The number of rotatable bonds is 5. The van der Waals surface area contributed by atoms with Gasteiger partial charge in [-0.1, -0.05) is 36.6 Å². The summed E-state index contributed by atoms with van der Waals surface area (Å²) in [5.74, 6) is 0.232. The van der Waals surface area contributed by atoms with Gasteiger partial charge in [0.25, 0.3) is 0 Å². The van der Waals surface area contributed by atoms with Gasteiger partial charge in [-0.15, -0.1) is 0 Å². The fourth-order valence-electron chi connectivity index (χ4n) is 3.12. The van der Waals surface area contributed by atoms with Gasteiger partial charge in [-0.2, -0.15) is 0 Å². The number of hydrogen-bond acceptors (Lipinski definition) is 2. The van der Waals surface area contributed by atoms with Crippen molar-refractivity contribution in [1.82, 2.24) is 4.90 Å². The molecule has 1 fully saturated rings. The number of nitrogens with zero attached hydrogens (tertiary/aromatic N) is 1. The molecule has 2 rings (SSSR count). The standard InChI is InChI=1S/C17H26N2O/c1-13-7-8-14(2)15(11-13)12-17(20)19(10-9-18)16-5-3-4-6-16/h7-8,11,16H,3-6,9-10,12,18H2,1-2H3. The summed E-state index contributed by atoms with van der Waals surface area (Å²) in [5, 5.41) is 0. The van der Waals surface area contributed by atoms with E-state index < -0.39 is 0 Å². The van der Waals surface area contributed by atoms with E-state index in [0.29, 0.717) is 25.6 Å². The highest BCUT2D eigenvalue weighted by atomic mass is 16.2. The third-order valence-electron chi connectivity index (χ3n) is 4.30. The summed E-state index contributed by atoms with van der Waals surface area (Å²) in [6.45, 7) is 5.39. The van der Waals surface area contributed by atoms with Crippen LogP contribution in [-0.2, 0) is 11.2 Å². The van der Waals surface area contributed by atoms with Gasteiger partial charge in [-0.25, -0.2) is 0 Å². The van der Waals surface area contributed by atoms with Crippen LogP contribution in [0.1, 0.15) is 42.4 Å². The molecule has 0 spiro atoms. The lowest BCUT2D eigenvalue weighted by Crippen LogP contribution is -2.42. The minimum Gasteiger partial charge on any atom is -0.338 e. The topological polar surface area (TPSA) is 46.3 Å². The van der Waals surface area contributed by atoms with Crippen LogP contribution in [0, 0.1) is 13.8 Å². The third kappa shape index (κ3) is 3.60. The summed E-state index contributed by atoms with van der Waals surface area (Å²) in [5.41, 5.74) is 9.25. The predicted molar refractivity (Wildman–Crippen MR) is 82.6 cm³/mol. The van der Waals surface area contributed by atoms with Gasteiger partial charge in [0.2, 0.25) is 5.91 Å². The van der Waals surface area contributed by atoms with Crippen molar-refractivity contribution in [3.05, 3.63) is 34.9 Å². The van der Waals surface area contributed by atoms with Crippen molar-refractivity contribution in [3.8, 4) is 0 Å². The van der Waals surface area contributed by atoms with Gasteiger partial charge >= 0.3 is 0 Å². The quantitative estimate of drug-likeness (QED) is 0.897. The SMILES string of the molecule is Cc1ccc(C)c(CC(=O)N(CCN)C2CCCC2)c1. The second-order valence-electron chi connectivity index (χ2n) is 5.92. The fourth-order valence-corrected chi connectivity index (χ4v) is 3.12. The summed E-state index contributed by atoms with van der Waals surface area (Å²) in [6, 6.07) is 6.73. The molecule has 3 nitrogen and oxygen atoms in total. The molecular formula is C17H26N2O.